The number of carbonyl (C=O) groups is 1. The van der Waals surface area contributed by atoms with E-state index in [-0.39, 0.29) is 5.91 Å². The predicted molar refractivity (Wildman–Crippen MR) is 79.6 cm³/mol. The van der Waals surface area contributed by atoms with Gasteiger partial charge in [0, 0.05) is 18.2 Å². The van der Waals surface area contributed by atoms with E-state index in [9.17, 15) is 4.79 Å². The Hall–Kier alpha value is -2.30. The molecule has 1 amide bonds. The number of nitrogens with one attached hydrogen (secondary N) is 2. The van der Waals surface area contributed by atoms with Crippen LogP contribution in [0, 0.1) is 0 Å². The molecule has 21 heavy (non-hydrogen) atoms. The monoisotopic (exact) mass is 285 g/mol. The van der Waals surface area contributed by atoms with Crippen LogP contribution in [0.1, 0.15) is 40.5 Å². The lowest BCUT2D eigenvalue weighted by Gasteiger charge is -2.04. The predicted octanol–water partition coefficient (Wildman–Crippen LogP) is 2.27. The Balaban J connectivity index is 1.48. The number of hydrogen-bond acceptors (Lipinski definition) is 3. The summed E-state index contributed by atoms with van der Waals surface area (Å²) in [6.07, 6.45) is 3.18. The topological polar surface area (TPSA) is 67.0 Å². The lowest BCUT2D eigenvalue weighted by Crippen LogP contribution is -2.26. The molecule has 1 aromatic carbocycles. The molecule has 1 saturated carbocycles. The molecule has 3 rings (SSSR count). The fraction of sp³-hybridized carbons (Fsp3) is 0.375. The van der Waals surface area contributed by atoms with Gasteiger partial charge in [-0.1, -0.05) is 12.1 Å². The standard InChI is InChI=1S/C16H19N3O2/c1-21-13-6-2-11(3-7-13)8-9-17-16(20)15-10-14(18-19-15)12-4-5-12/h2-3,6-7,10,12H,4-5,8-9H2,1H3,(H,17,20)(H,18,19). The van der Waals surface area contributed by atoms with Crippen molar-refractivity contribution in [3.05, 3.63) is 47.3 Å². The molecule has 110 valence electrons. The van der Waals surface area contributed by atoms with E-state index in [4.69, 9.17) is 4.74 Å². The van der Waals surface area contributed by atoms with Crippen LogP contribution in [0.25, 0.3) is 0 Å². The molecule has 1 aromatic heterocycles. The Morgan fingerprint density at radius 3 is 2.81 bits per heavy atom. The van der Waals surface area contributed by atoms with Crippen molar-refractivity contribution in [3.8, 4) is 5.75 Å². The smallest absolute Gasteiger partial charge is 0.271 e. The van der Waals surface area contributed by atoms with E-state index in [2.05, 4.69) is 15.5 Å². The van der Waals surface area contributed by atoms with Gasteiger partial charge in [-0.05, 0) is 43.0 Å². The van der Waals surface area contributed by atoms with Gasteiger partial charge in [-0.3, -0.25) is 9.89 Å². The van der Waals surface area contributed by atoms with Gasteiger partial charge in [-0.2, -0.15) is 5.10 Å². The molecule has 2 N–H and O–H groups in total. The second kappa shape index (κ2) is 5.99. The molecule has 0 saturated heterocycles. The molecule has 1 aliphatic rings. The Morgan fingerprint density at radius 1 is 1.38 bits per heavy atom. The highest BCUT2D eigenvalue weighted by molar-refractivity contribution is 5.92. The van der Waals surface area contributed by atoms with E-state index in [0.29, 0.717) is 18.2 Å². The summed E-state index contributed by atoms with van der Waals surface area (Å²) < 4.78 is 5.11. The first-order chi connectivity index (χ1) is 10.3. The Morgan fingerprint density at radius 2 is 2.14 bits per heavy atom. The maximum absolute atomic E-state index is 12.0. The van der Waals surface area contributed by atoms with Crippen molar-refractivity contribution in [2.24, 2.45) is 0 Å². The number of ether oxygens (including phenoxy) is 1. The first-order valence-corrected chi connectivity index (χ1v) is 7.22. The molecule has 1 fully saturated rings. The van der Waals surface area contributed by atoms with Gasteiger partial charge in [0.1, 0.15) is 11.4 Å². The van der Waals surface area contributed by atoms with Crippen LogP contribution < -0.4 is 10.1 Å². The van der Waals surface area contributed by atoms with Gasteiger partial charge < -0.3 is 10.1 Å². The van der Waals surface area contributed by atoms with Crippen molar-refractivity contribution >= 4 is 5.91 Å². The van der Waals surface area contributed by atoms with E-state index in [1.54, 1.807) is 7.11 Å². The first kappa shape index (κ1) is 13.7. The zero-order valence-corrected chi connectivity index (χ0v) is 12.1. The van der Waals surface area contributed by atoms with Crippen molar-refractivity contribution in [3.63, 3.8) is 0 Å². The zero-order chi connectivity index (χ0) is 14.7. The van der Waals surface area contributed by atoms with Crippen LogP contribution in [0.15, 0.2) is 30.3 Å². The molecule has 1 aliphatic carbocycles. The number of methoxy groups -OCH3 is 1. The lowest BCUT2D eigenvalue weighted by atomic mass is 10.1. The number of amides is 1. The molecule has 0 aliphatic heterocycles. The van der Waals surface area contributed by atoms with Crippen LogP contribution in [0.3, 0.4) is 0 Å². The Bertz CT molecular complexity index is 615. The molecule has 0 bridgehead atoms. The van der Waals surface area contributed by atoms with Gasteiger partial charge in [0.2, 0.25) is 0 Å². The van der Waals surface area contributed by atoms with Crippen LogP contribution in [0.5, 0.6) is 5.75 Å². The Kier molecular flexibility index (Phi) is 3.90. The van der Waals surface area contributed by atoms with Gasteiger partial charge in [0.25, 0.3) is 5.91 Å². The fourth-order valence-electron chi connectivity index (χ4n) is 2.26. The summed E-state index contributed by atoms with van der Waals surface area (Å²) in [6.45, 7) is 0.594. The second-order valence-electron chi connectivity index (χ2n) is 5.34. The van der Waals surface area contributed by atoms with Crippen LogP contribution in [-0.2, 0) is 6.42 Å². The lowest BCUT2D eigenvalue weighted by molar-refractivity contribution is 0.0949. The van der Waals surface area contributed by atoms with Gasteiger partial charge in [0.15, 0.2) is 0 Å². The van der Waals surface area contributed by atoms with Crippen LogP contribution in [0.4, 0.5) is 0 Å². The molecule has 1 heterocycles. The van der Waals surface area contributed by atoms with E-state index >= 15 is 0 Å². The number of rotatable bonds is 6. The van der Waals surface area contributed by atoms with E-state index in [1.165, 1.54) is 12.8 Å². The maximum atomic E-state index is 12.0. The molecule has 2 aromatic rings. The molecule has 0 atom stereocenters. The van der Waals surface area contributed by atoms with Crippen LogP contribution in [0.2, 0.25) is 0 Å². The molecule has 5 heteroatoms. The molecular weight excluding hydrogens is 266 g/mol. The van der Waals surface area contributed by atoms with Crippen molar-refractivity contribution in [2.45, 2.75) is 25.2 Å². The minimum atomic E-state index is -0.119. The normalized spacial score (nSPS) is 14.0. The zero-order valence-electron chi connectivity index (χ0n) is 12.1. The minimum Gasteiger partial charge on any atom is -0.497 e. The van der Waals surface area contributed by atoms with Crippen molar-refractivity contribution in [1.82, 2.24) is 15.5 Å². The van der Waals surface area contributed by atoms with Crippen molar-refractivity contribution in [2.75, 3.05) is 13.7 Å². The summed E-state index contributed by atoms with van der Waals surface area (Å²) >= 11 is 0. The second-order valence-corrected chi connectivity index (χ2v) is 5.34. The summed E-state index contributed by atoms with van der Waals surface area (Å²) in [5, 5.41) is 9.91. The van der Waals surface area contributed by atoms with Gasteiger partial charge >= 0.3 is 0 Å². The number of aromatic amines is 1. The number of nitrogens with zero attached hydrogens (tertiary/aromatic N) is 1. The minimum absolute atomic E-state index is 0.119. The SMILES string of the molecule is COc1ccc(CCNC(=O)c2cc(C3CC3)[nH]n2)cc1. The maximum Gasteiger partial charge on any atom is 0.271 e. The van der Waals surface area contributed by atoms with Crippen LogP contribution >= 0.6 is 0 Å². The average Bonchev–Trinajstić information content (AvgIpc) is 3.25. The largest absolute Gasteiger partial charge is 0.497 e. The van der Waals surface area contributed by atoms with E-state index < -0.39 is 0 Å². The summed E-state index contributed by atoms with van der Waals surface area (Å²) in [5.41, 5.74) is 2.72. The van der Waals surface area contributed by atoms with E-state index in [1.807, 2.05) is 30.3 Å². The quantitative estimate of drug-likeness (QED) is 0.855. The van der Waals surface area contributed by atoms with Gasteiger partial charge in [0.05, 0.1) is 7.11 Å². The van der Waals surface area contributed by atoms with E-state index in [0.717, 1.165) is 23.4 Å². The fourth-order valence-corrected chi connectivity index (χ4v) is 2.26. The van der Waals surface area contributed by atoms with Gasteiger partial charge in [-0.25, -0.2) is 0 Å². The molecule has 5 nitrogen and oxygen atoms in total. The third kappa shape index (κ3) is 3.42. The summed E-state index contributed by atoms with van der Waals surface area (Å²) in [7, 11) is 1.65. The number of aromatic nitrogens is 2. The highest BCUT2D eigenvalue weighted by Crippen LogP contribution is 2.38. The number of carbonyl (C=O) groups excluding carboxylic acids is 1. The van der Waals surface area contributed by atoms with Crippen molar-refractivity contribution < 1.29 is 9.53 Å². The average molecular weight is 285 g/mol. The summed E-state index contributed by atoms with van der Waals surface area (Å²) in [5.74, 6) is 1.30. The first-order valence-electron chi connectivity index (χ1n) is 7.22. The third-order valence-electron chi connectivity index (χ3n) is 3.71. The van der Waals surface area contributed by atoms with Crippen molar-refractivity contribution in [1.29, 1.82) is 0 Å². The molecule has 0 radical (unpaired) electrons. The van der Waals surface area contributed by atoms with Gasteiger partial charge in [-0.15, -0.1) is 0 Å². The number of benzene rings is 1. The summed E-state index contributed by atoms with van der Waals surface area (Å²) in [6, 6.07) is 9.72. The number of H-pyrrole nitrogens is 1. The Labute approximate surface area is 123 Å². The highest BCUT2D eigenvalue weighted by Gasteiger charge is 2.26. The highest BCUT2D eigenvalue weighted by atomic mass is 16.5. The molecule has 0 spiro atoms. The van der Waals surface area contributed by atoms with Crippen LogP contribution in [-0.4, -0.2) is 29.8 Å². The molecule has 0 unspecified atom stereocenters. The summed E-state index contributed by atoms with van der Waals surface area (Å²) in [4.78, 5) is 12.0. The molecular formula is C16H19N3O2. The number of hydrogen-bond donors (Lipinski definition) is 2. The third-order valence-corrected chi connectivity index (χ3v) is 3.71.